The van der Waals surface area contributed by atoms with Crippen molar-refractivity contribution in [3.05, 3.63) is 65.1 Å². The number of aromatic nitrogens is 4. The third-order valence-corrected chi connectivity index (χ3v) is 3.41. The lowest BCUT2D eigenvalue weighted by molar-refractivity contribution is 0.277. The summed E-state index contributed by atoms with van der Waals surface area (Å²) in [6.45, 7) is 0.403. The molecule has 0 saturated carbocycles. The van der Waals surface area contributed by atoms with E-state index in [-0.39, 0.29) is 6.61 Å². The highest BCUT2D eigenvalue weighted by atomic mass is 35.5. The molecule has 0 aliphatic carbocycles. The van der Waals surface area contributed by atoms with Crippen LogP contribution in [-0.4, -0.2) is 25.1 Å². The molecule has 1 N–H and O–H groups in total. The normalized spacial score (nSPS) is 10.8. The van der Waals surface area contributed by atoms with Crippen LogP contribution in [0.3, 0.4) is 0 Å². The summed E-state index contributed by atoms with van der Waals surface area (Å²) >= 11 is 5.89. The Morgan fingerprint density at radius 3 is 2.43 bits per heavy atom. The highest BCUT2D eigenvalue weighted by Crippen LogP contribution is 2.22. The number of aliphatic hydroxyl groups is 1. The number of halogens is 1. The zero-order valence-electron chi connectivity index (χ0n) is 11.1. The predicted molar refractivity (Wildman–Crippen MR) is 79.7 cm³/mol. The minimum absolute atomic E-state index is 0.154. The first-order valence-corrected chi connectivity index (χ1v) is 6.84. The van der Waals surface area contributed by atoms with Gasteiger partial charge in [0, 0.05) is 23.0 Å². The number of benzene rings is 1. The second-order valence-corrected chi connectivity index (χ2v) is 5.00. The summed E-state index contributed by atoms with van der Waals surface area (Å²) in [5.41, 5.74) is 3.34. The molecular weight excluding hydrogens is 288 g/mol. The number of hydrogen-bond acceptors (Lipinski definition) is 4. The van der Waals surface area contributed by atoms with Crippen molar-refractivity contribution in [1.82, 2.24) is 20.0 Å². The third-order valence-electron chi connectivity index (χ3n) is 3.15. The van der Waals surface area contributed by atoms with Gasteiger partial charge in [-0.1, -0.05) is 28.9 Å². The van der Waals surface area contributed by atoms with Crippen LogP contribution < -0.4 is 0 Å². The lowest BCUT2D eigenvalue weighted by atomic mass is 10.1. The highest BCUT2D eigenvalue weighted by Gasteiger charge is 2.14. The summed E-state index contributed by atoms with van der Waals surface area (Å²) in [7, 11) is 0. The van der Waals surface area contributed by atoms with Gasteiger partial charge < -0.3 is 5.11 Å². The molecule has 0 aliphatic heterocycles. The molecule has 0 amide bonds. The van der Waals surface area contributed by atoms with E-state index < -0.39 is 0 Å². The van der Waals surface area contributed by atoms with Crippen molar-refractivity contribution < 1.29 is 5.11 Å². The first-order chi connectivity index (χ1) is 10.3. The largest absolute Gasteiger partial charge is 0.390 e. The molecule has 2 heterocycles. The molecule has 21 heavy (non-hydrogen) atoms. The van der Waals surface area contributed by atoms with Crippen LogP contribution in [0.5, 0.6) is 0 Å². The summed E-state index contributed by atoms with van der Waals surface area (Å²) in [5.74, 6) is 0. The average molecular weight is 301 g/mol. The summed E-state index contributed by atoms with van der Waals surface area (Å²) in [6, 6.07) is 11.3. The highest BCUT2D eigenvalue weighted by molar-refractivity contribution is 6.30. The van der Waals surface area contributed by atoms with Crippen molar-refractivity contribution in [2.75, 3.05) is 0 Å². The maximum Gasteiger partial charge on any atom is 0.116 e. The Kier molecular flexibility index (Phi) is 3.94. The predicted octanol–water partition coefficient (Wildman–Crippen LogP) is 2.53. The minimum atomic E-state index is -0.154. The van der Waals surface area contributed by atoms with E-state index in [0.717, 1.165) is 16.8 Å². The number of pyridine rings is 1. The second kappa shape index (κ2) is 6.03. The van der Waals surface area contributed by atoms with Crippen molar-refractivity contribution in [3.63, 3.8) is 0 Å². The maximum atomic E-state index is 9.45. The number of hydrogen-bond donors (Lipinski definition) is 1. The molecule has 3 aromatic rings. The second-order valence-electron chi connectivity index (χ2n) is 4.56. The van der Waals surface area contributed by atoms with Gasteiger partial charge in [-0.2, -0.15) is 0 Å². The summed E-state index contributed by atoms with van der Waals surface area (Å²) < 4.78 is 1.77. The van der Waals surface area contributed by atoms with Crippen molar-refractivity contribution in [3.8, 4) is 11.3 Å². The van der Waals surface area contributed by atoms with Gasteiger partial charge in [-0.15, -0.1) is 5.10 Å². The average Bonchev–Trinajstić information content (AvgIpc) is 2.93. The van der Waals surface area contributed by atoms with Crippen molar-refractivity contribution in [2.24, 2.45) is 0 Å². The molecule has 0 unspecified atom stereocenters. The first kappa shape index (κ1) is 13.7. The fourth-order valence-corrected chi connectivity index (χ4v) is 2.28. The summed E-state index contributed by atoms with van der Waals surface area (Å²) in [5, 5.41) is 18.3. The van der Waals surface area contributed by atoms with Gasteiger partial charge in [0.25, 0.3) is 0 Å². The zero-order chi connectivity index (χ0) is 14.7. The van der Waals surface area contributed by atoms with Crippen LogP contribution in [0.15, 0.2) is 48.8 Å². The number of nitrogens with zero attached hydrogens (tertiary/aromatic N) is 4. The van der Waals surface area contributed by atoms with E-state index in [4.69, 9.17) is 11.6 Å². The molecule has 0 bridgehead atoms. The van der Waals surface area contributed by atoms with Crippen LogP contribution in [0, 0.1) is 0 Å². The quantitative estimate of drug-likeness (QED) is 0.804. The fraction of sp³-hybridized carbons (Fsp3) is 0.133. The Bertz CT molecular complexity index is 725. The van der Waals surface area contributed by atoms with Crippen LogP contribution in [0.1, 0.15) is 11.3 Å². The molecule has 0 radical (unpaired) electrons. The van der Waals surface area contributed by atoms with E-state index >= 15 is 0 Å². The Labute approximate surface area is 126 Å². The van der Waals surface area contributed by atoms with Crippen LogP contribution in [-0.2, 0) is 13.2 Å². The minimum Gasteiger partial charge on any atom is -0.390 e. The van der Waals surface area contributed by atoms with E-state index in [2.05, 4.69) is 15.3 Å². The Hall–Kier alpha value is -2.24. The molecule has 0 aliphatic rings. The molecule has 0 fully saturated rings. The standard InChI is InChI=1S/C15H13ClN4O/c16-13-3-1-11(2-4-13)9-20-15(14(10-21)18-19-20)12-5-7-17-8-6-12/h1-8,21H,9-10H2. The SMILES string of the molecule is OCc1nnn(Cc2ccc(Cl)cc2)c1-c1ccncc1. The molecule has 0 atom stereocenters. The van der Waals surface area contributed by atoms with E-state index in [1.165, 1.54) is 0 Å². The first-order valence-electron chi connectivity index (χ1n) is 6.46. The van der Waals surface area contributed by atoms with Crippen LogP contribution >= 0.6 is 11.6 Å². The van der Waals surface area contributed by atoms with Crippen LogP contribution in [0.2, 0.25) is 5.02 Å². The monoisotopic (exact) mass is 300 g/mol. The Balaban J connectivity index is 1.99. The maximum absolute atomic E-state index is 9.45. The summed E-state index contributed by atoms with van der Waals surface area (Å²) in [6.07, 6.45) is 3.41. The third kappa shape index (κ3) is 2.94. The van der Waals surface area contributed by atoms with E-state index in [0.29, 0.717) is 17.3 Å². The van der Waals surface area contributed by atoms with Gasteiger partial charge in [0.05, 0.1) is 18.8 Å². The van der Waals surface area contributed by atoms with Gasteiger partial charge in [-0.05, 0) is 29.8 Å². The molecule has 0 spiro atoms. The molecule has 6 heteroatoms. The smallest absolute Gasteiger partial charge is 0.116 e. The summed E-state index contributed by atoms with van der Waals surface area (Å²) in [4.78, 5) is 4.01. The lowest BCUT2D eigenvalue weighted by Crippen LogP contribution is -2.04. The molecule has 0 saturated heterocycles. The van der Waals surface area contributed by atoms with Gasteiger partial charge in [0.15, 0.2) is 0 Å². The molecular formula is C15H13ClN4O. The van der Waals surface area contributed by atoms with Gasteiger partial charge in [0.2, 0.25) is 0 Å². The molecule has 1 aromatic carbocycles. The van der Waals surface area contributed by atoms with Crippen molar-refractivity contribution >= 4 is 11.6 Å². The van der Waals surface area contributed by atoms with E-state index in [1.54, 1.807) is 17.1 Å². The molecule has 2 aromatic heterocycles. The van der Waals surface area contributed by atoms with E-state index in [9.17, 15) is 5.11 Å². The molecule has 106 valence electrons. The van der Waals surface area contributed by atoms with Crippen molar-refractivity contribution in [1.29, 1.82) is 0 Å². The molecule has 3 rings (SSSR count). The lowest BCUT2D eigenvalue weighted by Gasteiger charge is -2.08. The Morgan fingerprint density at radius 1 is 1.05 bits per heavy atom. The zero-order valence-corrected chi connectivity index (χ0v) is 11.9. The number of rotatable bonds is 4. The van der Waals surface area contributed by atoms with Crippen LogP contribution in [0.4, 0.5) is 0 Å². The van der Waals surface area contributed by atoms with Crippen LogP contribution in [0.25, 0.3) is 11.3 Å². The Morgan fingerprint density at radius 2 is 1.76 bits per heavy atom. The number of aliphatic hydroxyl groups excluding tert-OH is 1. The van der Waals surface area contributed by atoms with Gasteiger partial charge in [0.1, 0.15) is 5.69 Å². The van der Waals surface area contributed by atoms with Gasteiger partial charge in [-0.3, -0.25) is 4.98 Å². The van der Waals surface area contributed by atoms with Gasteiger partial charge in [-0.25, -0.2) is 4.68 Å². The van der Waals surface area contributed by atoms with E-state index in [1.807, 2.05) is 36.4 Å². The fourth-order valence-electron chi connectivity index (χ4n) is 2.15. The topological polar surface area (TPSA) is 63.8 Å². The van der Waals surface area contributed by atoms with Crippen molar-refractivity contribution in [2.45, 2.75) is 13.2 Å². The van der Waals surface area contributed by atoms with Gasteiger partial charge >= 0.3 is 0 Å². The molecule has 5 nitrogen and oxygen atoms in total.